The van der Waals surface area contributed by atoms with Crippen molar-refractivity contribution in [2.75, 3.05) is 18.5 Å². The third kappa shape index (κ3) is 3.29. The van der Waals surface area contributed by atoms with Crippen molar-refractivity contribution in [3.8, 4) is 5.75 Å². The number of esters is 1. The molecule has 6 rings (SSSR count). The number of ether oxygens (including phenoxy) is 2. The lowest BCUT2D eigenvalue weighted by Crippen LogP contribution is -2.47. The van der Waals surface area contributed by atoms with Gasteiger partial charge in [0.15, 0.2) is 19.0 Å². The van der Waals surface area contributed by atoms with E-state index in [1.807, 2.05) is 0 Å². The Morgan fingerprint density at radius 3 is 2.46 bits per heavy atom. The lowest BCUT2D eigenvalue weighted by atomic mass is 9.49. The van der Waals surface area contributed by atoms with Gasteiger partial charge in [-0.1, -0.05) is 0 Å². The molecule has 0 aromatic heterocycles. The van der Waals surface area contributed by atoms with Crippen LogP contribution in [0.3, 0.4) is 0 Å². The smallest absolute Gasteiger partial charge is 0.306 e. The van der Waals surface area contributed by atoms with E-state index in [9.17, 15) is 14.4 Å². The number of fused-ring (bicyclic) bond motifs is 1. The number of carbonyl (C=O) groups excluding carboxylic acids is 3. The lowest BCUT2D eigenvalue weighted by Gasteiger charge is -2.56. The summed E-state index contributed by atoms with van der Waals surface area (Å²) in [7, 11) is 0. The van der Waals surface area contributed by atoms with Crippen molar-refractivity contribution in [1.82, 2.24) is 0 Å². The first-order valence-electron chi connectivity index (χ1n) is 10.2. The minimum Gasteiger partial charge on any atom is -0.482 e. The molecule has 1 aromatic rings. The third-order valence-corrected chi connectivity index (χ3v) is 6.98. The molecule has 4 bridgehead atoms. The molecule has 4 saturated carbocycles. The van der Waals surface area contributed by atoms with Gasteiger partial charge in [-0.3, -0.25) is 14.4 Å². The second-order valence-electron chi connectivity index (χ2n) is 9.23. The highest BCUT2D eigenvalue weighted by molar-refractivity contribution is 6.01. The molecule has 1 N–H and O–H groups in total. The molecular formula is C22H25NO5. The van der Waals surface area contributed by atoms with Crippen LogP contribution >= 0.6 is 0 Å². The summed E-state index contributed by atoms with van der Waals surface area (Å²) in [4.78, 5) is 36.4. The average Bonchev–Trinajstić information content (AvgIpc) is 2.64. The minimum absolute atomic E-state index is 0.0256. The minimum atomic E-state index is -0.276. The maximum atomic E-state index is 12.5. The largest absolute Gasteiger partial charge is 0.482 e. The van der Waals surface area contributed by atoms with Gasteiger partial charge in [-0.15, -0.1) is 0 Å². The molecule has 0 radical (unpaired) electrons. The fraction of sp³-hybridized carbons (Fsp3) is 0.591. The topological polar surface area (TPSA) is 81.7 Å². The fourth-order valence-electron chi connectivity index (χ4n) is 6.35. The maximum Gasteiger partial charge on any atom is 0.306 e. The average molecular weight is 383 g/mol. The van der Waals surface area contributed by atoms with Crippen LogP contribution in [-0.2, 0) is 14.3 Å². The van der Waals surface area contributed by atoms with Gasteiger partial charge in [-0.05, 0) is 79.9 Å². The van der Waals surface area contributed by atoms with Gasteiger partial charge in [0, 0.05) is 5.56 Å². The van der Waals surface area contributed by atoms with E-state index in [2.05, 4.69) is 5.32 Å². The summed E-state index contributed by atoms with van der Waals surface area (Å²) >= 11 is 0. The van der Waals surface area contributed by atoms with Gasteiger partial charge in [-0.2, -0.15) is 0 Å². The number of carbonyl (C=O) groups is 3. The van der Waals surface area contributed by atoms with Gasteiger partial charge in [0.25, 0.3) is 5.91 Å². The number of ketones is 1. The van der Waals surface area contributed by atoms with Crippen molar-refractivity contribution >= 4 is 23.3 Å². The Kier molecular flexibility index (Phi) is 4.18. The number of benzene rings is 1. The zero-order valence-corrected chi connectivity index (χ0v) is 15.9. The molecule has 0 spiro atoms. The first-order valence-corrected chi connectivity index (χ1v) is 10.2. The summed E-state index contributed by atoms with van der Waals surface area (Å²) < 4.78 is 10.6. The Balaban J connectivity index is 1.19. The molecule has 4 fully saturated rings. The molecule has 4 aliphatic carbocycles. The van der Waals surface area contributed by atoms with Crippen molar-refractivity contribution < 1.29 is 23.9 Å². The van der Waals surface area contributed by atoms with E-state index >= 15 is 0 Å². The molecular weight excluding hydrogens is 358 g/mol. The van der Waals surface area contributed by atoms with Gasteiger partial charge >= 0.3 is 5.97 Å². The van der Waals surface area contributed by atoms with E-state index in [0.29, 0.717) is 23.4 Å². The molecule has 148 valence electrons. The molecule has 5 aliphatic rings. The highest BCUT2D eigenvalue weighted by Crippen LogP contribution is 2.61. The van der Waals surface area contributed by atoms with E-state index in [-0.39, 0.29) is 36.3 Å². The number of anilines is 1. The lowest BCUT2D eigenvalue weighted by molar-refractivity contribution is -0.150. The Bertz CT molecular complexity index is 810. The summed E-state index contributed by atoms with van der Waals surface area (Å²) in [5, 5.41) is 2.68. The number of rotatable bonds is 5. The van der Waals surface area contributed by atoms with Crippen LogP contribution in [0.1, 0.15) is 55.3 Å². The van der Waals surface area contributed by atoms with Crippen LogP contribution in [0.15, 0.2) is 18.2 Å². The predicted molar refractivity (Wildman–Crippen MR) is 101 cm³/mol. The predicted octanol–water partition coefficient (Wildman–Crippen LogP) is 3.35. The number of amides is 1. The highest BCUT2D eigenvalue weighted by Gasteiger charge is 2.51. The number of Topliss-reactive ketones (excluding diaryl/α,β-unsaturated/α-hetero) is 1. The fourth-order valence-corrected chi connectivity index (χ4v) is 6.35. The second-order valence-corrected chi connectivity index (χ2v) is 9.23. The molecule has 1 amide bonds. The van der Waals surface area contributed by atoms with Crippen molar-refractivity contribution in [1.29, 1.82) is 0 Å². The Morgan fingerprint density at radius 2 is 1.79 bits per heavy atom. The number of nitrogens with one attached hydrogen (secondary N) is 1. The van der Waals surface area contributed by atoms with E-state index < -0.39 is 0 Å². The molecule has 0 unspecified atom stereocenters. The zero-order chi connectivity index (χ0) is 19.3. The van der Waals surface area contributed by atoms with Crippen molar-refractivity contribution in [2.45, 2.75) is 44.9 Å². The summed E-state index contributed by atoms with van der Waals surface area (Å²) in [5.74, 6) is 2.11. The van der Waals surface area contributed by atoms with Crippen LogP contribution in [0.25, 0.3) is 0 Å². The summed E-state index contributed by atoms with van der Waals surface area (Å²) in [6.45, 7) is -0.291. The van der Waals surface area contributed by atoms with Gasteiger partial charge in [-0.25, -0.2) is 0 Å². The van der Waals surface area contributed by atoms with Crippen LogP contribution in [0.5, 0.6) is 5.75 Å². The first-order chi connectivity index (χ1) is 13.5. The molecule has 0 saturated heterocycles. The van der Waals surface area contributed by atoms with Gasteiger partial charge < -0.3 is 14.8 Å². The highest BCUT2D eigenvalue weighted by atomic mass is 16.5. The van der Waals surface area contributed by atoms with Crippen LogP contribution in [0.2, 0.25) is 0 Å². The van der Waals surface area contributed by atoms with E-state index in [1.54, 1.807) is 18.2 Å². The van der Waals surface area contributed by atoms with Crippen LogP contribution in [0, 0.1) is 23.2 Å². The molecule has 1 aromatic carbocycles. The molecule has 28 heavy (non-hydrogen) atoms. The zero-order valence-electron chi connectivity index (χ0n) is 15.9. The monoisotopic (exact) mass is 383 g/mol. The van der Waals surface area contributed by atoms with Gasteiger partial charge in [0.2, 0.25) is 0 Å². The van der Waals surface area contributed by atoms with Crippen LogP contribution in [0.4, 0.5) is 5.69 Å². The SMILES string of the molecule is O=C1COc2ccc(C(=O)COC(=O)CC34CC5CC(CC(C5)C3)C4)cc2N1. The Labute approximate surface area is 164 Å². The quantitative estimate of drug-likeness (QED) is 0.623. The standard InChI is InChI=1S/C22H25NO5/c24-18(16-1-2-19-17(6-16)23-20(25)12-27-19)11-28-21(26)10-22-7-13-3-14(8-22)5-15(4-13)9-22/h1-2,6,13-15H,3-5,7-12H2,(H,23,25). The maximum absolute atomic E-state index is 12.5. The van der Waals surface area contributed by atoms with Crippen LogP contribution in [-0.4, -0.2) is 30.9 Å². The van der Waals surface area contributed by atoms with E-state index in [1.165, 1.54) is 19.3 Å². The van der Waals surface area contributed by atoms with Gasteiger partial charge in [0.05, 0.1) is 12.1 Å². The van der Waals surface area contributed by atoms with E-state index in [4.69, 9.17) is 9.47 Å². The molecule has 0 atom stereocenters. The van der Waals surface area contributed by atoms with Crippen molar-refractivity contribution in [3.63, 3.8) is 0 Å². The molecule has 1 aliphatic heterocycles. The number of hydrogen-bond donors (Lipinski definition) is 1. The Morgan fingerprint density at radius 1 is 1.11 bits per heavy atom. The molecule has 1 heterocycles. The first kappa shape index (κ1) is 17.7. The van der Waals surface area contributed by atoms with Crippen LogP contribution < -0.4 is 10.1 Å². The molecule has 6 heteroatoms. The van der Waals surface area contributed by atoms with E-state index in [0.717, 1.165) is 37.0 Å². The summed E-state index contributed by atoms with van der Waals surface area (Å²) in [5.41, 5.74) is 0.983. The number of hydrogen-bond acceptors (Lipinski definition) is 5. The Hall–Kier alpha value is -2.37. The van der Waals surface area contributed by atoms with Gasteiger partial charge in [0.1, 0.15) is 5.75 Å². The summed E-state index contributed by atoms with van der Waals surface area (Å²) in [6, 6.07) is 4.85. The van der Waals surface area contributed by atoms with Crippen molar-refractivity contribution in [2.24, 2.45) is 23.2 Å². The summed E-state index contributed by atoms with van der Waals surface area (Å²) in [6.07, 6.45) is 7.89. The normalized spacial score (nSPS) is 32.3. The third-order valence-electron chi connectivity index (χ3n) is 6.98. The molecule has 6 nitrogen and oxygen atoms in total. The second kappa shape index (κ2) is 6.61. The van der Waals surface area contributed by atoms with Crippen molar-refractivity contribution in [3.05, 3.63) is 23.8 Å².